The molecule has 18 heavy (non-hydrogen) atoms. The Morgan fingerprint density at radius 2 is 2.33 bits per heavy atom. The average Bonchev–Trinajstić information content (AvgIpc) is 2.59. The molecule has 0 aliphatic carbocycles. The highest BCUT2D eigenvalue weighted by molar-refractivity contribution is 9.10. The van der Waals surface area contributed by atoms with Gasteiger partial charge < -0.3 is 5.32 Å². The van der Waals surface area contributed by atoms with Crippen LogP contribution in [0.2, 0.25) is 0 Å². The Labute approximate surface area is 117 Å². The summed E-state index contributed by atoms with van der Waals surface area (Å²) in [5, 5.41) is 3.56. The van der Waals surface area contributed by atoms with Crippen molar-refractivity contribution in [2.24, 2.45) is 0 Å². The minimum atomic E-state index is -0.192. The minimum Gasteiger partial charge on any atom is -0.313 e. The Hall–Kier alpha value is -0.450. The van der Waals surface area contributed by atoms with E-state index in [0.717, 1.165) is 32.6 Å². The van der Waals surface area contributed by atoms with Crippen LogP contribution in [0.1, 0.15) is 25.3 Å². The van der Waals surface area contributed by atoms with Crippen LogP contribution in [-0.2, 0) is 6.54 Å². The van der Waals surface area contributed by atoms with E-state index >= 15 is 0 Å². The van der Waals surface area contributed by atoms with Crippen LogP contribution in [0.3, 0.4) is 0 Å². The van der Waals surface area contributed by atoms with E-state index in [1.54, 1.807) is 0 Å². The van der Waals surface area contributed by atoms with Gasteiger partial charge in [0.2, 0.25) is 0 Å². The molecule has 1 fully saturated rings. The largest absolute Gasteiger partial charge is 0.313 e. The summed E-state index contributed by atoms with van der Waals surface area (Å²) in [5.41, 5.74) is 1.17. The molecule has 1 N–H and O–H groups in total. The molecule has 1 aromatic carbocycles. The smallest absolute Gasteiger partial charge is 0.137 e. The van der Waals surface area contributed by atoms with Gasteiger partial charge in [-0.2, -0.15) is 0 Å². The van der Waals surface area contributed by atoms with Crippen molar-refractivity contribution in [3.05, 3.63) is 34.1 Å². The first kappa shape index (κ1) is 14.0. The third-order valence-electron chi connectivity index (χ3n) is 3.45. The highest BCUT2D eigenvalue weighted by Gasteiger charge is 2.16. The zero-order chi connectivity index (χ0) is 13.0. The van der Waals surface area contributed by atoms with Gasteiger partial charge in [-0.15, -0.1) is 0 Å². The first-order chi connectivity index (χ1) is 8.69. The van der Waals surface area contributed by atoms with E-state index in [4.69, 9.17) is 0 Å². The highest BCUT2D eigenvalue weighted by Crippen LogP contribution is 2.18. The Kier molecular flexibility index (Phi) is 5.15. The molecule has 1 aliphatic heterocycles. The lowest BCUT2D eigenvalue weighted by molar-refractivity contribution is 0.257. The molecular formula is C14H20BrFN2. The van der Waals surface area contributed by atoms with Gasteiger partial charge in [0, 0.05) is 19.1 Å². The quantitative estimate of drug-likeness (QED) is 0.922. The van der Waals surface area contributed by atoms with Crippen molar-refractivity contribution in [3.63, 3.8) is 0 Å². The van der Waals surface area contributed by atoms with Crippen LogP contribution >= 0.6 is 15.9 Å². The lowest BCUT2D eigenvalue weighted by Crippen LogP contribution is -2.36. The maximum atomic E-state index is 13.2. The van der Waals surface area contributed by atoms with Crippen LogP contribution in [0.4, 0.5) is 4.39 Å². The van der Waals surface area contributed by atoms with Crippen molar-refractivity contribution in [2.75, 3.05) is 19.6 Å². The van der Waals surface area contributed by atoms with Gasteiger partial charge >= 0.3 is 0 Å². The molecule has 0 aromatic heterocycles. The van der Waals surface area contributed by atoms with E-state index < -0.39 is 0 Å². The Morgan fingerprint density at radius 3 is 3.06 bits per heavy atom. The average molecular weight is 315 g/mol. The van der Waals surface area contributed by atoms with Crippen LogP contribution in [0.15, 0.2) is 22.7 Å². The van der Waals surface area contributed by atoms with E-state index in [1.807, 2.05) is 12.1 Å². The number of halogens is 2. The molecule has 100 valence electrons. The number of rotatable bonds is 3. The molecular weight excluding hydrogens is 295 g/mol. The van der Waals surface area contributed by atoms with Gasteiger partial charge in [0.25, 0.3) is 0 Å². The zero-order valence-electron chi connectivity index (χ0n) is 10.8. The van der Waals surface area contributed by atoms with Gasteiger partial charge in [-0.05, 0) is 59.6 Å². The molecule has 0 spiro atoms. The van der Waals surface area contributed by atoms with E-state index in [9.17, 15) is 4.39 Å². The van der Waals surface area contributed by atoms with Crippen molar-refractivity contribution in [3.8, 4) is 0 Å². The second kappa shape index (κ2) is 6.64. The standard InChI is InChI=1S/C14H20BrFN2/c1-2-12-10-18(7-3-6-17-12)9-11-4-5-14(16)13(15)8-11/h4-5,8,12,17H,2-3,6-7,9-10H2,1H3. The van der Waals surface area contributed by atoms with Crippen LogP contribution in [0.25, 0.3) is 0 Å². The molecule has 1 atom stereocenters. The zero-order valence-corrected chi connectivity index (χ0v) is 12.3. The van der Waals surface area contributed by atoms with Crippen molar-refractivity contribution in [2.45, 2.75) is 32.4 Å². The summed E-state index contributed by atoms with van der Waals surface area (Å²) in [5.74, 6) is -0.192. The summed E-state index contributed by atoms with van der Waals surface area (Å²) in [7, 11) is 0. The fourth-order valence-electron chi connectivity index (χ4n) is 2.39. The molecule has 1 saturated heterocycles. The summed E-state index contributed by atoms with van der Waals surface area (Å²) in [4.78, 5) is 2.45. The number of nitrogens with zero attached hydrogens (tertiary/aromatic N) is 1. The van der Waals surface area contributed by atoms with Crippen LogP contribution < -0.4 is 5.32 Å². The van der Waals surface area contributed by atoms with Gasteiger partial charge in [-0.3, -0.25) is 4.90 Å². The molecule has 0 amide bonds. The number of nitrogens with one attached hydrogen (secondary N) is 1. The Balaban J connectivity index is 2.00. The van der Waals surface area contributed by atoms with E-state index in [2.05, 4.69) is 33.1 Å². The maximum absolute atomic E-state index is 13.2. The van der Waals surface area contributed by atoms with Crippen LogP contribution in [0, 0.1) is 5.82 Å². The van der Waals surface area contributed by atoms with Gasteiger partial charge in [0.1, 0.15) is 5.82 Å². The molecule has 1 heterocycles. The normalized spacial score (nSPS) is 21.8. The summed E-state index contributed by atoms with van der Waals surface area (Å²) in [6, 6.07) is 5.87. The van der Waals surface area contributed by atoms with Gasteiger partial charge in [-0.25, -0.2) is 4.39 Å². The van der Waals surface area contributed by atoms with Crippen molar-refractivity contribution < 1.29 is 4.39 Å². The molecule has 2 rings (SSSR count). The minimum absolute atomic E-state index is 0.192. The molecule has 1 aliphatic rings. The van der Waals surface area contributed by atoms with E-state index in [1.165, 1.54) is 18.1 Å². The van der Waals surface area contributed by atoms with Gasteiger partial charge in [0.05, 0.1) is 4.47 Å². The number of hydrogen-bond acceptors (Lipinski definition) is 2. The fourth-order valence-corrected chi connectivity index (χ4v) is 2.82. The summed E-state index contributed by atoms with van der Waals surface area (Å²) in [6.45, 7) is 6.40. The van der Waals surface area contributed by atoms with E-state index in [-0.39, 0.29) is 5.82 Å². The molecule has 1 unspecified atom stereocenters. The maximum Gasteiger partial charge on any atom is 0.137 e. The monoisotopic (exact) mass is 314 g/mol. The molecule has 0 saturated carbocycles. The third kappa shape index (κ3) is 3.77. The SMILES string of the molecule is CCC1CN(Cc2ccc(F)c(Br)c2)CCCN1. The first-order valence-electron chi connectivity index (χ1n) is 6.58. The number of hydrogen-bond donors (Lipinski definition) is 1. The summed E-state index contributed by atoms with van der Waals surface area (Å²) >= 11 is 3.25. The molecule has 4 heteroatoms. The predicted molar refractivity (Wildman–Crippen MR) is 76.1 cm³/mol. The van der Waals surface area contributed by atoms with Gasteiger partial charge in [-0.1, -0.05) is 13.0 Å². The molecule has 1 aromatic rings. The fraction of sp³-hybridized carbons (Fsp3) is 0.571. The van der Waals surface area contributed by atoms with Gasteiger partial charge in [0.15, 0.2) is 0 Å². The molecule has 0 radical (unpaired) electrons. The number of benzene rings is 1. The Morgan fingerprint density at radius 1 is 1.50 bits per heavy atom. The van der Waals surface area contributed by atoms with E-state index in [0.29, 0.717) is 10.5 Å². The predicted octanol–water partition coefficient (Wildman–Crippen LogP) is 3.16. The summed E-state index contributed by atoms with van der Waals surface area (Å²) < 4.78 is 13.7. The summed E-state index contributed by atoms with van der Waals surface area (Å²) in [6.07, 6.45) is 2.34. The van der Waals surface area contributed by atoms with Crippen molar-refractivity contribution >= 4 is 15.9 Å². The lowest BCUT2D eigenvalue weighted by Gasteiger charge is -2.23. The molecule has 0 bridgehead atoms. The second-order valence-electron chi connectivity index (χ2n) is 4.90. The van der Waals surface area contributed by atoms with Crippen molar-refractivity contribution in [1.82, 2.24) is 10.2 Å². The molecule has 2 nitrogen and oxygen atoms in total. The lowest BCUT2D eigenvalue weighted by atomic mass is 10.1. The third-order valence-corrected chi connectivity index (χ3v) is 4.05. The topological polar surface area (TPSA) is 15.3 Å². The highest BCUT2D eigenvalue weighted by atomic mass is 79.9. The Bertz CT molecular complexity index is 397. The first-order valence-corrected chi connectivity index (χ1v) is 7.38. The second-order valence-corrected chi connectivity index (χ2v) is 5.75. The van der Waals surface area contributed by atoms with Crippen LogP contribution in [-0.4, -0.2) is 30.6 Å². The van der Waals surface area contributed by atoms with Crippen molar-refractivity contribution in [1.29, 1.82) is 0 Å². The van der Waals surface area contributed by atoms with Crippen LogP contribution in [0.5, 0.6) is 0 Å².